The van der Waals surface area contributed by atoms with E-state index in [1.807, 2.05) is 0 Å². The fraction of sp³-hybridized carbons (Fsp3) is 0.625. The number of hydrogen-bond donors (Lipinski definition) is 1. The van der Waals surface area contributed by atoms with Crippen molar-refractivity contribution < 1.29 is 4.74 Å². The Morgan fingerprint density at radius 3 is 2.37 bits per heavy atom. The minimum atomic E-state index is 0.172. The van der Waals surface area contributed by atoms with Crippen molar-refractivity contribution >= 4 is 15.9 Å². The Labute approximate surface area is 126 Å². The second-order valence-corrected chi connectivity index (χ2v) is 7.02. The highest BCUT2D eigenvalue weighted by Gasteiger charge is 2.14. The van der Waals surface area contributed by atoms with Crippen molar-refractivity contribution in [2.45, 2.75) is 39.2 Å². The van der Waals surface area contributed by atoms with Crippen LogP contribution >= 0.6 is 15.9 Å². The summed E-state index contributed by atoms with van der Waals surface area (Å²) in [6.07, 6.45) is 2.19. The van der Waals surface area contributed by atoms with Gasteiger partial charge in [0.15, 0.2) is 0 Å². The van der Waals surface area contributed by atoms with E-state index in [2.05, 4.69) is 66.3 Å². The molecular weight excluding hydrogens is 302 g/mol. The molecule has 0 heterocycles. The van der Waals surface area contributed by atoms with Crippen LogP contribution in [0.25, 0.3) is 0 Å². The lowest BCUT2D eigenvalue weighted by molar-refractivity contribution is 0.173. The fourth-order valence-electron chi connectivity index (χ4n) is 1.97. The second kappa shape index (κ2) is 8.03. The van der Waals surface area contributed by atoms with E-state index in [9.17, 15) is 0 Å². The summed E-state index contributed by atoms with van der Waals surface area (Å²) >= 11 is 3.48. The van der Waals surface area contributed by atoms with Crippen molar-refractivity contribution in [3.05, 3.63) is 34.3 Å². The van der Waals surface area contributed by atoms with E-state index in [1.165, 1.54) is 5.56 Å². The molecule has 0 radical (unpaired) electrons. The predicted molar refractivity (Wildman–Crippen MR) is 85.6 cm³/mol. The largest absolute Gasteiger partial charge is 0.385 e. The van der Waals surface area contributed by atoms with E-state index < -0.39 is 0 Å². The van der Waals surface area contributed by atoms with E-state index in [-0.39, 0.29) is 5.54 Å². The first-order valence-electron chi connectivity index (χ1n) is 6.89. The third-order valence-electron chi connectivity index (χ3n) is 3.09. The second-order valence-electron chi connectivity index (χ2n) is 6.11. The van der Waals surface area contributed by atoms with Gasteiger partial charge in [0.1, 0.15) is 0 Å². The first kappa shape index (κ1) is 16.7. The quantitative estimate of drug-likeness (QED) is 0.816. The average molecular weight is 328 g/mol. The Morgan fingerprint density at radius 2 is 1.84 bits per heavy atom. The normalized spacial score (nSPS) is 13.5. The third-order valence-corrected chi connectivity index (χ3v) is 3.62. The molecule has 0 saturated heterocycles. The minimum Gasteiger partial charge on any atom is -0.385 e. The highest BCUT2D eigenvalue weighted by atomic mass is 79.9. The zero-order valence-electron chi connectivity index (χ0n) is 12.5. The topological polar surface area (TPSA) is 21.3 Å². The van der Waals surface area contributed by atoms with Crippen LogP contribution in [0.2, 0.25) is 0 Å². The molecule has 1 rings (SSSR count). The summed E-state index contributed by atoms with van der Waals surface area (Å²) in [6, 6.07) is 8.61. The van der Waals surface area contributed by atoms with Gasteiger partial charge in [0.05, 0.1) is 0 Å². The molecule has 3 heteroatoms. The summed E-state index contributed by atoms with van der Waals surface area (Å²) in [6.45, 7) is 8.48. The summed E-state index contributed by atoms with van der Waals surface area (Å²) in [5, 5.41) is 3.60. The van der Waals surface area contributed by atoms with Gasteiger partial charge in [-0.25, -0.2) is 0 Å². The molecule has 0 saturated carbocycles. The predicted octanol–water partition coefficient (Wildman–Crippen LogP) is 4.03. The van der Waals surface area contributed by atoms with E-state index in [0.717, 1.165) is 30.5 Å². The average Bonchev–Trinajstić information content (AvgIpc) is 2.34. The van der Waals surface area contributed by atoms with Crippen LogP contribution < -0.4 is 5.32 Å². The van der Waals surface area contributed by atoms with Crippen molar-refractivity contribution in [2.24, 2.45) is 5.92 Å². The van der Waals surface area contributed by atoms with Crippen LogP contribution in [-0.2, 0) is 11.2 Å². The zero-order chi connectivity index (χ0) is 14.3. The maximum atomic E-state index is 5.23. The number of nitrogens with one attached hydrogen (secondary N) is 1. The highest BCUT2D eigenvalue weighted by molar-refractivity contribution is 9.10. The molecule has 0 aliphatic heterocycles. The zero-order valence-corrected chi connectivity index (χ0v) is 14.1. The van der Waals surface area contributed by atoms with E-state index in [0.29, 0.717) is 5.92 Å². The first-order chi connectivity index (χ1) is 8.90. The molecular formula is C16H26BrNO. The van der Waals surface area contributed by atoms with Crippen molar-refractivity contribution in [3.8, 4) is 0 Å². The Bertz CT molecular complexity index is 356. The lowest BCUT2D eigenvalue weighted by Crippen LogP contribution is -2.39. The third kappa shape index (κ3) is 7.71. The summed E-state index contributed by atoms with van der Waals surface area (Å²) in [5.41, 5.74) is 1.56. The van der Waals surface area contributed by atoms with Crippen molar-refractivity contribution in [1.82, 2.24) is 5.32 Å². The molecule has 19 heavy (non-hydrogen) atoms. The van der Waals surface area contributed by atoms with Crippen LogP contribution in [-0.4, -0.2) is 25.8 Å². The van der Waals surface area contributed by atoms with Gasteiger partial charge in [-0.15, -0.1) is 0 Å². The van der Waals surface area contributed by atoms with Gasteiger partial charge in [0.2, 0.25) is 0 Å². The smallest absolute Gasteiger partial charge is 0.0465 e. The summed E-state index contributed by atoms with van der Waals surface area (Å²) in [7, 11) is 1.77. The number of benzene rings is 1. The first-order valence-corrected chi connectivity index (χ1v) is 7.68. The van der Waals surface area contributed by atoms with Crippen molar-refractivity contribution in [2.75, 3.05) is 20.3 Å². The molecule has 1 unspecified atom stereocenters. The van der Waals surface area contributed by atoms with Gasteiger partial charge in [0.25, 0.3) is 0 Å². The molecule has 0 aromatic heterocycles. The SMILES string of the molecule is COCCC(CNC(C)(C)C)Cc1ccc(Br)cc1. The molecule has 0 amide bonds. The molecule has 0 aliphatic rings. The molecule has 0 bridgehead atoms. The van der Waals surface area contributed by atoms with Crippen LogP contribution in [0.5, 0.6) is 0 Å². The lowest BCUT2D eigenvalue weighted by Gasteiger charge is -2.25. The van der Waals surface area contributed by atoms with Gasteiger partial charge in [0, 0.05) is 23.7 Å². The van der Waals surface area contributed by atoms with Gasteiger partial charge >= 0.3 is 0 Å². The van der Waals surface area contributed by atoms with Crippen LogP contribution in [0.15, 0.2) is 28.7 Å². The molecule has 1 N–H and O–H groups in total. The number of hydrogen-bond acceptors (Lipinski definition) is 2. The number of rotatable bonds is 7. The minimum absolute atomic E-state index is 0.172. The van der Waals surface area contributed by atoms with Crippen LogP contribution in [0.4, 0.5) is 0 Å². The fourth-order valence-corrected chi connectivity index (χ4v) is 2.23. The standard InChI is InChI=1S/C16H26BrNO/c1-16(2,3)18-12-14(9-10-19-4)11-13-5-7-15(17)8-6-13/h5-8,14,18H,9-12H2,1-4H3. The highest BCUT2D eigenvalue weighted by Crippen LogP contribution is 2.16. The van der Waals surface area contributed by atoms with E-state index in [1.54, 1.807) is 7.11 Å². The summed E-state index contributed by atoms with van der Waals surface area (Å²) in [4.78, 5) is 0. The van der Waals surface area contributed by atoms with Gasteiger partial charge in [-0.1, -0.05) is 28.1 Å². The maximum Gasteiger partial charge on any atom is 0.0465 e. The summed E-state index contributed by atoms with van der Waals surface area (Å²) in [5.74, 6) is 0.611. The molecule has 0 aliphatic carbocycles. The molecule has 108 valence electrons. The number of methoxy groups -OCH3 is 1. The van der Waals surface area contributed by atoms with Gasteiger partial charge in [-0.3, -0.25) is 0 Å². The Morgan fingerprint density at radius 1 is 1.21 bits per heavy atom. The molecule has 2 nitrogen and oxygen atoms in total. The summed E-state index contributed by atoms with van der Waals surface area (Å²) < 4.78 is 6.36. The van der Waals surface area contributed by atoms with E-state index in [4.69, 9.17) is 4.74 Å². The Hall–Kier alpha value is -0.380. The van der Waals surface area contributed by atoms with Gasteiger partial charge in [-0.05, 0) is 63.8 Å². The van der Waals surface area contributed by atoms with Crippen molar-refractivity contribution in [3.63, 3.8) is 0 Å². The monoisotopic (exact) mass is 327 g/mol. The van der Waals surface area contributed by atoms with Gasteiger partial charge < -0.3 is 10.1 Å². The van der Waals surface area contributed by atoms with Crippen LogP contribution in [0.1, 0.15) is 32.8 Å². The maximum absolute atomic E-state index is 5.23. The van der Waals surface area contributed by atoms with Crippen LogP contribution in [0.3, 0.4) is 0 Å². The Kier molecular flexibility index (Phi) is 7.05. The van der Waals surface area contributed by atoms with Crippen LogP contribution in [0, 0.1) is 5.92 Å². The van der Waals surface area contributed by atoms with Crippen molar-refractivity contribution in [1.29, 1.82) is 0 Å². The number of ether oxygens (including phenoxy) is 1. The molecule has 1 aromatic rings. The lowest BCUT2D eigenvalue weighted by atomic mass is 9.95. The van der Waals surface area contributed by atoms with Gasteiger partial charge in [-0.2, -0.15) is 0 Å². The molecule has 0 fully saturated rings. The number of halogens is 1. The molecule has 1 aromatic carbocycles. The molecule has 1 atom stereocenters. The Balaban J connectivity index is 2.55. The van der Waals surface area contributed by atoms with E-state index >= 15 is 0 Å². The molecule has 0 spiro atoms.